The van der Waals surface area contributed by atoms with Crippen LogP contribution in [-0.4, -0.2) is 54.5 Å². The van der Waals surface area contributed by atoms with Crippen LogP contribution in [0, 0.1) is 0 Å². The molecule has 1 fully saturated rings. The van der Waals surface area contributed by atoms with Crippen molar-refractivity contribution in [3.05, 3.63) is 0 Å². The van der Waals surface area contributed by atoms with Crippen LogP contribution >= 0.6 is 0 Å². The van der Waals surface area contributed by atoms with Crippen molar-refractivity contribution < 1.29 is 18.3 Å². The first-order valence-electron chi connectivity index (χ1n) is 6.11. The molecule has 0 aromatic rings. The van der Waals surface area contributed by atoms with E-state index in [1.54, 1.807) is 0 Å². The Balaban J connectivity index is 2.45. The number of aliphatic hydroxyl groups is 1. The van der Waals surface area contributed by atoms with Crippen molar-refractivity contribution in [2.45, 2.75) is 44.4 Å². The van der Waals surface area contributed by atoms with Crippen molar-refractivity contribution in [1.29, 1.82) is 0 Å². The molecule has 2 N–H and O–H groups in total. The molecule has 1 atom stereocenters. The zero-order valence-electron chi connectivity index (χ0n) is 10.1. The second-order valence-corrected chi connectivity index (χ2v) is 4.54. The predicted molar refractivity (Wildman–Crippen MR) is 59.8 cm³/mol. The highest BCUT2D eigenvalue weighted by atomic mass is 19.4. The van der Waals surface area contributed by atoms with Gasteiger partial charge in [0.15, 0.2) is 0 Å². The van der Waals surface area contributed by atoms with E-state index in [9.17, 15) is 13.2 Å². The maximum absolute atomic E-state index is 12.4. The highest BCUT2D eigenvalue weighted by Gasteiger charge is 2.38. The fourth-order valence-electron chi connectivity index (χ4n) is 2.00. The molecule has 1 saturated carbocycles. The summed E-state index contributed by atoms with van der Waals surface area (Å²) in [6.07, 6.45) is -1.93. The molecule has 0 radical (unpaired) electrons. The third-order valence-corrected chi connectivity index (χ3v) is 2.87. The zero-order chi connectivity index (χ0) is 12.9. The Morgan fingerprint density at radius 2 is 2.06 bits per heavy atom. The molecule has 17 heavy (non-hydrogen) atoms. The molecule has 102 valence electrons. The largest absolute Gasteiger partial charge is 0.401 e. The van der Waals surface area contributed by atoms with Gasteiger partial charge in [-0.3, -0.25) is 4.90 Å². The van der Waals surface area contributed by atoms with Crippen molar-refractivity contribution >= 4 is 0 Å². The quantitative estimate of drug-likeness (QED) is 0.687. The molecule has 1 aliphatic carbocycles. The van der Waals surface area contributed by atoms with Crippen LogP contribution < -0.4 is 5.32 Å². The normalized spacial score (nSPS) is 18.7. The highest BCUT2D eigenvalue weighted by Crippen LogP contribution is 2.30. The third kappa shape index (κ3) is 6.24. The minimum atomic E-state index is -4.14. The fourth-order valence-corrected chi connectivity index (χ4v) is 2.00. The van der Waals surface area contributed by atoms with Gasteiger partial charge in [-0.15, -0.1) is 0 Å². The molecular weight excluding hydrogens is 233 g/mol. The summed E-state index contributed by atoms with van der Waals surface area (Å²) in [5.74, 6) is 0. The molecular formula is C11H21F3N2O. The minimum Gasteiger partial charge on any atom is -0.396 e. The van der Waals surface area contributed by atoms with Gasteiger partial charge in [-0.2, -0.15) is 13.2 Å². The second-order valence-electron chi connectivity index (χ2n) is 4.54. The Morgan fingerprint density at radius 3 is 2.47 bits per heavy atom. The molecule has 0 bridgehead atoms. The Kier molecular flexibility index (Phi) is 5.69. The number of aliphatic hydroxyl groups excluding tert-OH is 1. The van der Waals surface area contributed by atoms with E-state index in [4.69, 9.17) is 5.11 Å². The molecule has 0 saturated heterocycles. The van der Waals surface area contributed by atoms with E-state index in [1.807, 2.05) is 6.92 Å². The molecule has 1 rings (SSSR count). The van der Waals surface area contributed by atoms with Crippen LogP contribution in [0.15, 0.2) is 0 Å². The molecule has 0 aromatic carbocycles. The number of hydrogen-bond donors (Lipinski definition) is 2. The summed E-state index contributed by atoms with van der Waals surface area (Å²) in [6.45, 7) is 2.14. The first-order chi connectivity index (χ1) is 7.96. The van der Waals surface area contributed by atoms with Crippen molar-refractivity contribution in [3.8, 4) is 0 Å². The minimum absolute atomic E-state index is 0.00217. The smallest absolute Gasteiger partial charge is 0.396 e. The van der Waals surface area contributed by atoms with Crippen LogP contribution in [0.25, 0.3) is 0 Å². The van der Waals surface area contributed by atoms with Crippen LogP contribution in [0.5, 0.6) is 0 Å². The summed E-state index contributed by atoms with van der Waals surface area (Å²) in [4.78, 5) is 1.49. The number of hydrogen-bond acceptors (Lipinski definition) is 3. The first kappa shape index (κ1) is 14.7. The lowest BCUT2D eigenvalue weighted by Gasteiger charge is -2.28. The van der Waals surface area contributed by atoms with E-state index in [0.717, 1.165) is 12.8 Å². The predicted octanol–water partition coefficient (Wildman–Crippen LogP) is 1.37. The van der Waals surface area contributed by atoms with E-state index in [1.165, 1.54) is 4.90 Å². The molecule has 3 nitrogen and oxygen atoms in total. The van der Waals surface area contributed by atoms with E-state index in [-0.39, 0.29) is 18.7 Å². The van der Waals surface area contributed by atoms with Crippen LogP contribution in [0.4, 0.5) is 13.2 Å². The van der Waals surface area contributed by atoms with E-state index >= 15 is 0 Å². The van der Waals surface area contributed by atoms with Crippen molar-refractivity contribution in [3.63, 3.8) is 0 Å². The maximum Gasteiger partial charge on any atom is 0.401 e. The van der Waals surface area contributed by atoms with Gasteiger partial charge in [-0.1, -0.05) is 6.92 Å². The van der Waals surface area contributed by atoms with Gasteiger partial charge in [0, 0.05) is 25.2 Å². The molecule has 0 spiro atoms. The third-order valence-electron chi connectivity index (χ3n) is 2.87. The molecule has 1 aliphatic rings. The van der Waals surface area contributed by atoms with Crippen LogP contribution in [0.2, 0.25) is 0 Å². The van der Waals surface area contributed by atoms with E-state index < -0.39 is 12.7 Å². The van der Waals surface area contributed by atoms with Gasteiger partial charge in [0.25, 0.3) is 0 Å². The maximum atomic E-state index is 12.4. The Labute approximate surface area is 100.0 Å². The van der Waals surface area contributed by atoms with Gasteiger partial charge in [0.2, 0.25) is 0 Å². The summed E-state index contributed by atoms with van der Waals surface area (Å²) in [5, 5.41) is 12.0. The van der Waals surface area contributed by atoms with Gasteiger partial charge in [-0.05, 0) is 25.8 Å². The summed E-state index contributed by atoms with van der Waals surface area (Å²) < 4.78 is 37.2. The van der Waals surface area contributed by atoms with Crippen molar-refractivity contribution in [2.75, 3.05) is 26.2 Å². The number of nitrogens with one attached hydrogen (secondary N) is 1. The standard InChI is InChI=1S/C11H21F3N2O/c1-2-15-9(5-6-17)7-16(10-3-4-10)8-11(12,13)14/h9-10,15,17H,2-8H2,1H3. The van der Waals surface area contributed by atoms with Gasteiger partial charge in [0.1, 0.15) is 0 Å². The lowest BCUT2D eigenvalue weighted by Crippen LogP contribution is -2.45. The lowest BCUT2D eigenvalue weighted by molar-refractivity contribution is -0.147. The van der Waals surface area contributed by atoms with E-state index in [2.05, 4.69) is 5.32 Å². The molecule has 0 heterocycles. The topological polar surface area (TPSA) is 35.5 Å². The van der Waals surface area contributed by atoms with E-state index in [0.29, 0.717) is 19.5 Å². The number of rotatable bonds is 8. The number of likely N-dealkylation sites (N-methyl/N-ethyl adjacent to an activating group) is 1. The fraction of sp³-hybridized carbons (Fsp3) is 1.00. The molecule has 0 amide bonds. The van der Waals surface area contributed by atoms with Gasteiger partial charge in [0.05, 0.1) is 6.54 Å². The average molecular weight is 254 g/mol. The molecule has 1 unspecified atom stereocenters. The number of alkyl halides is 3. The SMILES string of the molecule is CCNC(CCO)CN(CC(F)(F)F)C1CC1. The first-order valence-corrected chi connectivity index (χ1v) is 6.11. The lowest BCUT2D eigenvalue weighted by atomic mass is 10.2. The zero-order valence-corrected chi connectivity index (χ0v) is 10.1. The van der Waals surface area contributed by atoms with Gasteiger partial charge < -0.3 is 10.4 Å². The Morgan fingerprint density at radius 1 is 1.41 bits per heavy atom. The monoisotopic (exact) mass is 254 g/mol. The summed E-state index contributed by atoms with van der Waals surface area (Å²) in [6, 6.07) is 0.0180. The second kappa shape index (κ2) is 6.56. The van der Waals surface area contributed by atoms with Gasteiger partial charge in [-0.25, -0.2) is 0 Å². The molecule has 6 heteroatoms. The Hall–Kier alpha value is -0.330. The molecule has 0 aromatic heterocycles. The van der Waals surface area contributed by atoms with Crippen molar-refractivity contribution in [2.24, 2.45) is 0 Å². The summed E-state index contributed by atoms with van der Waals surface area (Å²) in [7, 11) is 0. The Bertz CT molecular complexity index is 213. The van der Waals surface area contributed by atoms with Crippen LogP contribution in [-0.2, 0) is 0 Å². The highest BCUT2D eigenvalue weighted by molar-refractivity contribution is 4.88. The van der Waals surface area contributed by atoms with Gasteiger partial charge >= 0.3 is 6.18 Å². The number of nitrogens with zero attached hydrogens (tertiary/aromatic N) is 1. The average Bonchev–Trinajstić information content (AvgIpc) is 2.98. The van der Waals surface area contributed by atoms with Crippen LogP contribution in [0.3, 0.4) is 0 Å². The summed E-state index contributed by atoms with van der Waals surface area (Å²) in [5.41, 5.74) is 0. The summed E-state index contributed by atoms with van der Waals surface area (Å²) >= 11 is 0. The number of halogens is 3. The molecule has 0 aliphatic heterocycles. The van der Waals surface area contributed by atoms with Crippen LogP contribution in [0.1, 0.15) is 26.2 Å². The van der Waals surface area contributed by atoms with Crippen molar-refractivity contribution in [1.82, 2.24) is 10.2 Å².